The van der Waals surface area contributed by atoms with Gasteiger partial charge in [0.25, 0.3) is 0 Å². The highest BCUT2D eigenvalue weighted by Crippen LogP contribution is 2.22. The third kappa shape index (κ3) is 5.53. The van der Waals surface area contributed by atoms with Gasteiger partial charge in [-0.25, -0.2) is 8.42 Å². The monoisotopic (exact) mass is 382 g/mol. The van der Waals surface area contributed by atoms with Gasteiger partial charge in [0.2, 0.25) is 15.9 Å². The van der Waals surface area contributed by atoms with E-state index >= 15 is 0 Å². The lowest BCUT2D eigenvalue weighted by Gasteiger charge is -2.33. The summed E-state index contributed by atoms with van der Waals surface area (Å²) in [6.45, 7) is 5.72. The number of amides is 1. The molecule has 1 aromatic carbocycles. The molecule has 0 spiro atoms. The number of hydrogen-bond acceptors (Lipinski definition) is 4. The maximum Gasteiger partial charge on any atom is 0.238 e. The van der Waals surface area contributed by atoms with E-state index in [2.05, 4.69) is 5.32 Å². The smallest absolute Gasteiger partial charge is 0.238 e. The third-order valence-corrected chi connectivity index (χ3v) is 6.68. The Labute approximate surface area is 157 Å². The van der Waals surface area contributed by atoms with Crippen molar-refractivity contribution in [2.75, 3.05) is 18.9 Å². The average molecular weight is 383 g/mol. The van der Waals surface area contributed by atoms with Crippen molar-refractivity contribution in [1.29, 1.82) is 0 Å². The molecule has 1 aliphatic rings. The zero-order valence-electron chi connectivity index (χ0n) is 15.7. The fourth-order valence-electron chi connectivity index (χ4n) is 3.26. The molecule has 1 heterocycles. The van der Waals surface area contributed by atoms with Gasteiger partial charge in [0.1, 0.15) is 6.04 Å². The number of nitrogens with one attached hydrogen (secondary N) is 1. The summed E-state index contributed by atoms with van der Waals surface area (Å²) in [5, 5.41) is 2.93. The molecule has 1 unspecified atom stereocenters. The van der Waals surface area contributed by atoms with Gasteiger partial charge in [-0.3, -0.25) is 4.79 Å². The van der Waals surface area contributed by atoms with Gasteiger partial charge in [-0.1, -0.05) is 37.6 Å². The molecule has 0 bridgehead atoms. The molecule has 2 rings (SSSR count). The fourth-order valence-corrected chi connectivity index (χ4v) is 5.00. The first-order valence-electron chi connectivity index (χ1n) is 9.41. The van der Waals surface area contributed by atoms with Gasteiger partial charge < -0.3 is 10.1 Å². The molecule has 1 aliphatic heterocycles. The van der Waals surface area contributed by atoms with Crippen LogP contribution in [0, 0.1) is 0 Å². The normalized spacial score (nSPS) is 18.6. The number of rotatable bonds is 9. The SMILES string of the molecule is CCCS(=O)(=O)N1CCCCC1C(=O)NCc1ccccc1COCC. The molecule has 1 aromatic rings. The van der Waals surface area contributed by atoms with Crippen LogP contribution in [0.3, 0.4) is 0 Å². The first-order valence-corrected chi connectivity index (χ1v) is 11.0. The zero-order valence-corrected chi connectivity index (χ0v) is 16.6. The molecule has 1 saturated heterocycles. The van der Waals surface area contributed by atoms with E-state index in [1.165, 1.54) is 4.31 Å². The number of nitrogens with zero attached hydrogens (tertiary/aromatic N) is 1. The Morgan fingerprint density at radius 2 is 1.96 bits per heavy atom. The molecular formula is C19H30N2O4S. The Bertz CT molecular complexity index is 691. The highest BCUT2D eigenvalue weighted by molar-refractivity contribution is 7.89. The van der Waals surface area contributed by atoms with E-state index in [1.807, 2.05) is 38.1 Å². The average Bonchev–Trinajstić information content (AvgIpc) is 2.65. The molecule has 26 heavy (non-hydrogen) atoms. The van der Waals surface area contributed by atoms with Gasteiger partial charge in [0.05, 0.1) is 12.4 Å². The lowest BCUT2D eigenvalue weighted by atomic mass is 10.0. The molecule has 146 valence electrons. The fraction of sp³-hybridized carbons (Fsp3) is 0.632. The number of carbonyl (C=O) groups is 1. The first-order chi connectivity index (χ1) is 12.5. The summed E-state index contributed by atoms with van der Waals surface area (Å²) in [4.78, 5) is 12.7. The molecule has 1 amide bonds. The van der Waals surface area contributed by atoms with Crippen molar-refractivity contribution >= 4 is 15.9 Å². The summed E-state index contributed by atoms with van der Waals surface area (Å²) in [6.07, 6.45) is 2.81. The highest BCUT2D eigenvalue weighted by atomic mass is 32.2. The van der Waals surface area contributed by atoms with Gasteiger partial charge in [-0.15, -0.1) is 0 Å². The van der Waals surface area contributed by atoms with Crippen LogP contribution in [0.25, 0.3) is 0 Å². The molecule has 1 atom stereocenters. The van der Waals surface area contributed by atoms with E-state index in [1.54, 1.807) is 0 Å². The summed E-state index contributed by atoms with van der Waals surface area (Å²) in [5.74, 6) is -0.121. The van der Waals surface area contributed by atoms with E-state index in [-0.39, 0.29) is 11.7 Å². The van der Waals surface area contributed by atoms with Gasteiger partial charge in [-0.05, 0) is 37.3 Å². The van der Waals surface area contributed by atoms with Crippen LogP contribution in [-0.4, -0.2) is 43.6 Å². The largest absolute Gasteiger partial charge is 0.377 e. The van der Waals surface area contributed by atoms with Crippen molar-refractivity contribution in [2.45, 2.75) is 58.7 Å². The summed E-state index contributed by atoms with van der Waals surface area (Å²) in [7, 11) is -3.38. The predicted octanol–water partition coefficient (Wildman–Crippen LogP) is 2.43. The van der Waals surface area contributed by atoms with Crippen molar-refractivity contribution in [3.8, 4) is 0 Å². The molecule has 0 radical (unpaired) electrons. The second-order valence-electron chi connectivity index (χ2n) is 6.56. The number of sulfonamides is 1. The Kier molecular flexibility index (Phi) is 8.06. The molecular weight excluding hydrogens is 352 g/mol. The number of benzene rings is 1. The molecule has 7 heteroatoms. The van der Waals surface area contributed by atoms with Crippen molar-refractivity contribution < 1.29 is 17.9 Å². The van der Waals surface area contributed by atoms with Crippen molar-refractivity contribution in [2.24, 2.45) is 0 Å². The van der Waals surface area contributed by atoms with Crippen molar-refractivity contribution in [3.63, 3.8) is 0 Å². The second kappa shape index (κ2) is 10.0. The van der Waals surface area contributed by atoms with Gasteiger partial charge in [0, 0.05) is 19.7 Å². The lowest BCUT2D eigenvalue weighted by molar-refractivity contribution is -0.125. The number of carbonyl (C=O) groups excluding carboxylic acids is 1. The van der Waals surface area contributed by atoms with E-state index in [4.69, 9.17) is 4.74 Å². The van der Waals surface area contributed by atoms with Crippen LogP contribution in [0.5, 0.6) is 0 Å². The molecule has 6 nitrogen and oxygen atoms in total. The highest BCUT2D eigenvalue weighted by Gasteiger charge is 2.35. The van der Waals surface area contributed by atoms with Crippen LogP contribution in [0.15, 0.2) is 24.3 Å². The Balaban J connectivity index is 2.04. The zero-order chi connectivity index (χ0) is 19.0. The van der Waals surface area contributed by atoms with Crippen LogP contribution in [0.1, 0.15) is 50.7 Å². The maximum atomic E-state index is 12.7. The van der Waals surface area contributed by atoms with E-state index < -0.39 is 16.1 Å². The quantitative estimate of drug-likeness (QED) is 0.712. The Hall–Kier alpha value is -1.44. The van der Waals surface area contributed by atoms with E-state index in [0.717, 1.165) is 24.0 Å². The van der Waals surface area contributed by atoms with Gasteiger partial charge >= 0.3 is 0 Å². The summed E-state index contributed by atoms with van der Waals surface area (Å²) >= 11 is 0. The van der Waals surface area contributed by atoms with Crippen LogP contribution >= 0.6 is 0 Å². The standard InChI is InChI=1S/C19H30N2O4S/c1-3-13-26(23,24)21-12-8-7-11-18(21)19(22)20-14-16-9-5-6-10-17(16)15-25-4-2/h5-6,9-10,18H,3-4,7-8,11-15H2,1-2H3,(H,20,22). The minimum absolute atomic E-state index is 0.0912. The van der Waals surface area contributed by atoms with Crippen LogP contribution in [-0.2, 0) is 32.7 Å². The van der Waals surface area contributed by atoms with Gasteiger partial charge in [0.15, 0.2) is 0 Å². The Morgan fingerprint density at radius 1 is 1.23 bits per heavy atom. The Morgan fingerprint density at radius 3 is 2.65 bits per heavy atom. The number of hydrogen-bond donors (Lipinski definition) is 1. The summed E-state index contributed by atoms with van der Waals surface area (Å²) in [6, 6.07) is 7.21. The molecule has 0 aliphatic carbocycles. The molecule has 1 N–H and O–H groups in total. The minimum atomic E-state index is -3.38. The maximum absolute atomic E-state index is 12.7. The number of ether oxygens (including phenoxy) is 1. The molecule has 0 aromatic heterocycles. The predicted molar refractivity (Wildman–Crippen MR) is 102 cm³/mol. The second-order valence-corrected chi connectivity index (χ2v) is 8.60. The number of piperidine rings is 1. The first kappa shape index (κ1) is 20.9. The van der Waals surface area contributed by atoms with E-state index in [0.29, 0.717) is 39.1 Å². The van der Waals surface area contributed by atoms with Crippen molar-refractivity contribution in [3.05, 3.63) is 35.4 Å². The molecule has 0 saturated carbocycles. The molecule has 1 fully saturated rings. The minimum Gasteiger partial charge on any atom is -0.377 e. The van der Waals surface area contributed by atoms with Gasteiger partial charge in [-0.2, -0.15) is 4.31 Å². The summed E-state index contributed by atoms with van der Waals surface area (Å²) in [5.41, 5.74) is 2.03. The summed E-state index contributed by atoms with van der Waals surface area (Å²) < 4.78 is 31.8. The topological polar surface area (TPSA) is 75.7 Å². The van der Waals surface area contributed by atoms with E-state index in [9.17, 15) is 13.2 Å². The van der Waals surface area contributed by atoms with Crippen molar-refractivity contribution in [1.82, 2.24) is 9.62 Å². The third-order valence-electron chi connectivity index (χ3n) is 4.61. The van der Waals surface area contributed by atoms with Crippen LogP contribution in [0.4, 0.5) is 0 Å². The van der Waals surface area contributed by atoms with Crippen LogP contribution < -0.4 is 5.32 Å². The lowest BCUT2D eigenvalue weighted by Crippen LogP contribution is -2.52. The van der Waals surface area contributed by atoms with Crippen LogP contribution in [0.2, 0.25) is 0 Å².